The topological polar surface area (TPSA) is 54.0 Å². The Morgan fingerprint density at radius 3 is 2.65 bits per heavy atom. The number of halogens is 2. The van der Waals surface area contributed by atoms with Crippen molar-refractivity contribution < 1.29 is 4.79 Å². The van der Waals surface area contributed by atoms with Gasteiger partial charge in [-0.05, 0) is 18.7 Å². The van der Waals surface area contributed by atoms with Crippen molar-refractivity contribution in [2.45, 2.75) is 6.92 Å². The van der Waals surface area contributed by atoms with Gasteiger partial charge in [-0.15, -0.1) is 24.8 Å². The van der Waals surface area contributed by atoms with Gasteiger partial charge in [0.15, 0.2) is 0 Å². The first kappa shape index (κ1) is 18.6. The number of hydrogen-bond donors (Lipinski definition) is 2. The van der Waals surface area contributed by atoms with Crippen LogP contribution in [0.15, 0.2) is 36.5 Å². The Bertz CT molecular complexity index is 543. The van der Waals surface area contributed by atoms with Gasteiger partial charge in [0.25, 0.3) is 5.91 Å². The number of carbonyl (C=O) groups is 1. The van der Waals surface area contributed by atoms with Gasteiger partial charge in [0, 0.05) is 24.7 Å². The molecule has 0 fully saturated rings. The number of likely N-dealkylation sites (N-methyl/N-ethyl adjacent to an activating group) is 1. The van der Waals surface area contributed by atoms with Crippen LogP contribution in [0.3, 0.4) is 0 Å². The molecule has 4 nitrogen and oxygen atoms in total. The first-order valence-corrected chi connectivity index (χ1v) is 6.15. The summed E-state index contributed by atoms with van der Waals surface area (Å²) < 4.78 is 0. The Balaban J connectivity index is 0.00000180. The fraction of sp³-hybridized carbons (Fsp3) is 0.286. The van der Waals surface area contributed by atoms with E-state index in [-0.39, 0.29) is 30.7 Å². The van der Waals surface area contributed by atoms with E-state index in [0.717, 1.165) is 24.0 Å². The molecule has 0 spiro atoms. The van der Waals surface area contributed by atoms with Crippen LogP contribution in [-0.2, 0) is 0 Å². The number of rotatable bonds is 5. The van der Waals surface area contributed by atoms with Crippen LogP contribution in [0.25, 0.3) is 10.9 Å². The van der Waals surface area contributed by atoms with Crippen molar-refractivity contribution in [1.29, 1.82) is 0 Å². The number of nitrogens with zero attached hydrogens (tertiary/aromatic N) is 1. The molecule has 2 N–H and O–H groups in total. The maximum absolute atomic E-state index is 12.0. The maximum Gasteiger partial charge on any atom is 0.253 e. The predicted octanol–water partition coefficient (Wildman–Crippen LogP) is 2.42. The first-order valence-electron chi connectivity index (χ1n) is 6.15. The van der Waals surface area contributed by atoms with Gasteiger partial charge in [-0.25, -0.2) is 0 Å². The van der Waals surface area contributed by atoms with E-state index in [9.17, 15) is 4.79 Å². The van der Waals surface area contributed by atoms with E-state index < -0.39 is 0 Å². The number of amides is 1. The van der Waals surface area contributed by atoms with Crippen LogP contribution in [0.5, 0.6) is 0 Å². The molecule has 1 aromatic heterocycles. The fourth-order valence-electron chi connectivity index (χ4n) is 1.82. The van der Waals surface area contributed by atoms with Crippen molar-refractivity contribution >= 4 is 41.6 Å². The lowest BCUT2D eigenvalue weighted by Gasteiger charge is -2.07. The third-order valence-electron chi connectivity index (χ3n) is 2.71. The first-order chi connectivity index (χ1) is 8.83. The number of pyridine rings is 1. The van der Waals surface area contributed by atoms with Gasteiger partial charge < -0.3 is 10.6 Å². The van der Waals surface area contributed by atoms with Crippen molar-refractivity contribution in [2.24, 2.45) is 0 Å². The van der Waals surface area contributed by atoms with Crippen molar-refractivity contribution in [3.8, 4) is 0 Å². The minimum Gasteiger partial charge on any atom is -0.351 e. The minimum atomic E-state index is -0.0720. The summed E-state index contributed by atoms with van der Waals surface area (Å²) in [6.45, 7) is 4.35. The van der Waals surface area contributed by atoms with Gasteiger partial charge in [-0.1, -0.05) is 25.1 Å². The molecule has 110 valence electrons. The summed E-state index contributed by atoms with van der Waals surface area (Å²) in [5, 5.41) is 7.03. The molecule has 1 aromatic carbocycles. The van der Waals surface area contributed by atoms with E-state index in [1.807, 2.05) is 31.2 Å². The standard InChI is InChI=1S/C14H17N3O.2ClH/c1-2-15-9-10-17-14(18)12-7-3-5-11-6-4-8-16-13(11)12;;/h3-8,15H,2,9-10H2,1H3,(H,17,18);2*1H. The molecule has 0 saturated carbocycles. The van der Waals surface area contributed by atoms with Crippen LogP contribution < -0.4 is 10.6 Å². The Labute approximate surface area is 131 Å². The minimum absolute atomic E-state index is 0. The lowest BCUT2D eigenvalue weighted by atomic mass is 10.1. The third kappa shape index (κ3) is 4.63. The van der Waals surface area contributed by atoms with Crippen LogP contribution in [-0.4, -0.2) is 30.5 Å². The highest BCUT2D eigenvalue weighted by Gasteiger charge is 2.09. The highest BCUT2D eigenvalue weighted by molar-refractivity contribution is 6.05. The fourth-order valence-corrected chi connectivity index (χ4v) is 1.82. The largest absolute Gasteiger partial charge is 0.351 e. The van der Waals surface area contributed by atoms with Gasteiger partial charge in [0.2, 0.25) is 0 Å². The summed E-state index contributed by atoms with van der Waals surface area (Å²) in [4.78, 5) is 16.3. The highest BCUT2D eigenvalue weighted by Crippen LogP contribution is 2.15. The van der Waals surface area contributed by atoms with E-state index in [1.54, 1.807) is 12.3 Å². The molecule has 1 amide bonds. The van der Waals surface area contributed by atoms with Gasteiger partial charge in [-0.3, -0.25) is 9.78 Å². The number of aromatic nitrogens is 1. The number of para-hydroxylation sites is 1. The molecule has 2 rings (SSSR count). The SMILES string of the molecule is CCNCCNC(=O)c1cccc2cccnc12.Cl.Cl. The molecule has 0 unspecified atom stereocenters. The van der Waals surface area contributed by atoms with Crippen LogP contribution in [0, 0.1) is 0 Å². The molecule has 0 atom stereocenters. The summed E-state index contributed by atoms with van der Waals surface area (Å²) in [6, 6.07) is 9.46. The predicted molar refractivity (Wildman–Crippen MR) is 87.1 cm³/mol. The van der Waals surface area contributed by atoms with Gasteiger partial charge in [0.1, 0.15) is 0 Å². The quantitative estimate of drug-likeness (QED) is 0.833. The normalized spacial score (nSPS) is 9.45. The van der Waals surface area contributed by atoms with E-state index in [4.69, 9.17) is 0 Å². The molecular weight excluding hydrogens is 297 g/mol. The summed E-state index contributed by atoms with van der Waals surface area (Å²) >= 11 is 0. The van der Waals surface area contributed by atoms with E-state index in [1.165, 1.54) is 0 Å². The number of benzene rings is 1. The smallest absolute Gasteiger partial charge is 0.253 e. The maximum atomic E-state index is 12.0. The van der Waals surface area contributed by atoms with E-state index >= 15 is 0 Å². The van der Waals surface area contributed by atoms with Crippen LogP contribution >= 0.6 is 24.8 Å². The van der Waals surface area contributed by atoms with Crippen LogP contribution in [0.1, 0.15) is 17.3 Å². The van der Waals surface area contributed by atoms with Gasteiger partial charge >= 0.3 is 0 Å². The molecule has 0 radical (unpaired) electrons. The van der Waals surface area contributed by atoms with Crippen molar-refractivity contribution in [3.63, 3.8) is 0 Å². The molecule has 0 saturated heterocycles. The van der Waals surface area contributed by atoms with E-state index in [0.29, 0.717) is 12.1 Å². The zero-order valence-electron chi connectivity index (χ0n) is 11.3. The van der Waals surface area contributed by atoms with Crippen molar-refractivity contribution in [1.82, 2.24) is 15.6 Å². The lowest BCUT2D eigenvalue weighted by molar-refractivity contribution is 0.0955. The summed E-state index contributed by atoms with van der Waals surface area (Å²) in [7, 11) is 0. The second kappa shape index (κ2) is 9.53. The average Bonchev–Trinajstić information content (AvgIpc) is 2.43. The number of nitrogens with one attached hydrogen (secondary N) is 2. The van der Waals surface area contributed by atoms with Crippen molar-refractivity contribution in [2.75, 3.05) is 19.6 Å². The Hall–Kier alpha value is -1.36. The molecule has 0 aliphatic carbocycles. The van der Waals surface area contributed by atoms with Crippen LogP contribution in [0.4, 0.5) is 0 Å². The molecule has 0 bridgehead atoms. The van der Waals surface area contributed by atoms with Crippen LogP contribution in [0.2, 0.25) is 0 Å². The molecule has 0 aliphatic rings. The molecule has 0 aliphatic heterocycles. The molecule has 20 heavy (non-hydrogen) atoms. The third-order valence-corrected chi connectivity index (χ3v) is 2.71. The zero-order chi connectivity index (χ0) is 12.8. The molecule has 2 aromatic rings. The monoisotopic (exact) mass is 315 g/mol. The Kier molecular flexibility index (Phi) is 8.88. The second-order valence-corrected chi connectivity index (χ2v) is 3.99. The van der Waals surface area contributed by atoms with Gasteiger partial charge in [0.05, 0.1) is 11.1 Å². The van der Waals surface area contributed by atoms with Crippen molar-refractivity contribution in [3.05, 3.63) is 42.1 Å². The number of carbonyl (C=O) groups excluding carboxylic acids is 1. The number of hydrogen-bond acceptors (Lipinski definition) is 3. The lowest BCUT2D eigenvalue weighted by Crippen LogP contribution is -2.31. The highest BCUT2D eigenvalue weighted by atomic mass is 35.5. The summed E-state index contributed by atoms with van der Waals surface area (Å²) in [6.07, 6.45) is 1.71. The zero-order valence-corrected chi connectivity index (χ0v) is 12.9. The van der Waals surface area contributed by atoms with E-state index in [2.05, 4.69) is 15.6 Å². The summed E-state index contributed by atoms with van der Waals surface area (Å²) in [5.41, 5.74) is 1.38. The Morgan fingerprint density at radius 1 is 1.15 bits per heavy atom. The number of fused-ring (bicyclic) bond motifs is 1. The molecule has 6 heteroatoms. The molecule has 1 heterocycles. The summed E-state index contributed by atoms with van der Waals surface area (Å²) in [5.74, 6) is -0.0720. The Morgan fingerprint density at radius 2 is 1.90 bits per heavy atom. The average molecular weight is 316 g/mol. The second-order valence-electron chi connectivity index (χ2n) is 3.99. The van der Waals surface area contributed by atoms with Gasteiger partial charge in [-0.2, -0.15) is 0 Å². The molecular formula is C14H19Cl2N3O.